The molecular formula is C16H19NO2. The van der Waals surface area contributed by atoms with E-state index in [-0.39, 0.29) is 5.97 Å². The third-order valence-corrected chi connectivity index (χ3v) is 3.53. The number of hydrogen-bond donors (Lipinski definition) is 0. The molecule has 0 aliphatic rings. The number of benzene rings is 1. The average Bonchev–Trinajstić information content (AvgIpc) is 2.73. The summed E-state index contributed by atoms with van der Waals surface area (Å²) in [4.78, 5) is 11.2. The zero-order valence-corrected chi connectivity index (χ0v) is 11.6. The molecule has 1 aromatic heterocycles. The van der Waals surface area contributed by atoms with E-state index in [9.17, 15) is 4.79 Å². The molecular weight excluding hydrogens is 238 g/mol. The van der Waals surface area contributed by atoms with Crippen LogP contribution in [0.2, 0.25) is 0 Å². The summed E-state index contributed by atoms with van der Waals surface area (Å²) in [5.41, 5.74) is 4.80. The number of aromatic nitrogens is 1. The van der Waals surface area contributed by atoms with Crippen molar-refractivity contribution in [2.45, 2.75) is 19.8 Å². The monoisotopic (exact) mass is 257 g/mol. The van der Waals surface area contributed by atoms with E-state index in [2.05, 4.69) is 34.4 Å². The van der Waals surface area contributed by atoms with Crippen molar-refractivity contribution in [3.05, 3.63) is 47.8 Å². The van der Waals surface area contributed by atoms with Gasteiger partial charge in [0.05, 0.1) is 13.5 Å². The average molecular weight is 257 g/mol. The van der Waals surface area contributed by atoms with Gasteiger partial charge in [-0.15, -0.1) is 0 Å². The molecule has 0 radical (unpaired) electrons. The Morgan fingerprint density at radius 2 is 1.95 bits per heavy atom. The fourth-order valence-electron chi connectivity index (χ4n) is 2.25. The third-order valence-electron chi connectivity index (χ3n) is 3.53. The molecule has 1 aromatic carbocycles. The summed E-state index contributed by atoms with van der Waals surface area (Å²) < 4.78 is 6.83. The Balaban J connectivity index is 2.26. The molecule has 0 fully saturated rings. The molecule has 0 amide bonds. The van der Waals surface area contributed by atoms with Crippen LogP contribution in [-0.2, 0) is 23.0 Å². The molecule has 0 aliphatic carbocycles. The summed E-state index contributed by atoms with van der Waals surface area (Å²) in [6, 6.07) is 12.5. The topological polar surface area (TPSA) is 31.2 Å². The Morgan fingerprint density at radius 1 is 1.26 bits per heavy atom. The van der Waals surface area contributed by atoms with Crippen molar-refractivity contribution in [3.8, 4) is 11.1 Å². The molecule has 0 bridgehead atoms. The van der Waals surface area contributed by atoms with E-state index in [1.807, 2.05) is 25.2 Å². The van der Waals surface area contributed by atoms with Gasteiger partial charge in [0.1, 0.15) is 0 Å². The number of carbonyl (C=O) groups excluding carboxylic acids is 1. The van der Waals surface area contributed by atoms with Crippen LogP contribution < -0.4 is 0 Å². The van der Waals surface area contributed by atoms with Gasteiger partial charge in [-0.1, -0.05) is 30.3 Å². The number of aryl methyl sites for hydroxylation is 1. The maximum absolute atomic E-state index is 11.2. The van der Waals surface area contributed by atoms with Gasteiger partial charge in [-0.25, -0.2) is 0 Å². The minimum atomic E-state index is -0.167. The highest BCUT2D eigenvalue weighted by Gasteiger charge is 2.11. The van der Waals surface area contributed by atoms with Gasteiger partial charge in [0.15, 0.2) is 0 Å². The van der Waals surface area contributed by atoms with E-state index in [1.54, 1.807) is 0 Å². The minimum Gasteiger partial charge on any atom is -0.469 e. The second-order valence-corrected chi connectivity index (χ2v) is 4.64. The molecule has 3 nitrogen and oxygen atoms in total. The molecule has 0 unspecified atom stereocenters. The first-order valence-corrected chi connectivity index (χ1v) is 6.41. The zero-order chi connectivity index (χ0) is 13.8. The number of ether oxygens (including phenoxy) is 1. The van der Waals surface area contributed by atoms with Crippen LogP contribution in [0, 0.1) is 6.92 Å². The maximum atomic E-state index is 11.2. The van der Waals surface area contributed by atoms with E-state index in [0.29, 0.717) is 12.8 Å². The largest absolute Gasteiger partial charge is 0.469 e. The fourth-order valence-corrected chi connectivity index (χ4v) is 2.25. The normalized spacial score (nSPS) is 10.5. The van der Waals surface area contributed by atoms with Gasteiger partial charge in [-0.3, -0.25) is 4.79 Å². The van der Waals surface area contributed by atoms with E-state index < -0.39 is 0 Å². The third kappa shape index (κ3) is 2.87. The van der Waals surface area contributed by atoms with Gasteiger partial charge in [-0.05, 0) is 25.0 Å². The molecule has 0 spiro atoms. The Morgan fingerprint density at radius 3 is 2.58 bits per heavy atom. The summed E-state index contributed by atoms with van der Waals surface area (Å²) in [5.74, 6) is -0.167. The van der Waals surface area contributed by atoms with Crippen molar-refractivity contribution >= 4 is 5.97 Å². The van der Waals surface area contributed by atoms with Crippen LogP contribution in [0.3, 0.4) is 0 Å². The van der Waals surface area contributed by atoms with Gasteiger partial charge < -0.3 is 9.30 Å². The van der Waals surface area contributed by atoms with Crippen LogP contribution in [0.1, 0.15) is 17.8 Å². The molecule has 19 heavy (non-hydrogen) atoms. The van der Waals surface area contributed by atoms with Crippen molar-refractivity contribution in [1.29, 1.82) is 0 Å². The smallest absolute Gasteiger partial charge is 0.305 e. The SMILES string of the molecule is COC(=O)CCc1cc(-c2ccccc2)c(C)n1C. The van der Waals surface area contributed by atoms with Crippen molar-refractivity contribution in [3.63, 3.8) is 0 Å². The number of esters is 1. The molecule has 2 rings (SSSR count). The standard InChI is InChI=1S/C16H19NO2/c1-12-15(13-7-5-4-6-8-13)11-14(17(12)2)9-10-16(18)19-3/h4-8,11H,9-10H2,1-3H3. The molecule has 100 valence electrons. The summed E-state index contributed by atoms with van der Waals surface area (Å²) in [6.45, 7) is 2.10. The van der Waals surface area contributed by atoms with Crippen molar-refractivity contribution in [2.75, 3.05) is 7.11 Å². The minimum absolute atomic E-state index is 0.167. The van der Waals surface area contributed by atoms with Crippen LogP contribution >= 0.6 is 0 Å². The Bertz CT molecular complexity index is 570. The van der Waals surface area contributed by atoms with Crippen LogP contribution in [0.4, 0.5) is 0 Å². The van der Waals surface area contributed by atoms with Crippen LogP contribution in [-0.4, -0.2) is 17.6 Å². The predicted molar refractivity (Wildman–Crippen MR) is 75.9 cm³/mol. The van der Waals surface area contributed by atoms with Gasteiger partial charge in [0.2, 0.25) is 0 Å². The van der Waals surface area contributed by atoms with Gasteiger partial charge >= 0.3 is 5.97 Å². The summed E-state index contributed by atoms with van der Waals surface area (Å²) >= 11 is 0. The lowest BCUT2D eigenvalue weighted by atomic mass is 10.1. The Hall–Kier alpha value is -2.03. The summed E-state index contributed by atoms with van der Waals surface area (Å²) in [5, 5.41) is 0. The molecule has 1 heterocycles. The lowest BCUT2D eigenvalue weighted by Gasteiger charge is -2.04. The second-order valence-electron chi connectivity index (χ2n) is 4.64. The van der Waals surface area contributed by atoms with Crippen molar-refractivity contribution < 1.29 is 9.53 Å². The molecule has 3 heteroatoms. The first-order chi connectivity index (χ1) is 9.13. The number of nitrogens with zero attached hydrogens (tertiary/aromatic N) is 1. The van der Waals surface area contributed by atoms with E-state index in [4.69, 9.17) is 0 Å². The van der Waals surface area contributed by atoms with Crippen LogP contribution in [0.25, 0.3) is 11.1 Å². The van der Waals surface area contributed by atoms with Gasteiger partial charge in [0, 0.05) is 24.0 Å². The van der Waals surface area contributed by atoms with Crippen molar-refractivity contribution in [2.24, 2.45) is 7.05 Å². The number of methoxy groups -OCH3 is 1. The van der Waals surface area contributed by atoms with E-state index in [1.165, 1.54) is 23.9 Å². The molecule has 0 atom stereocenters. The van der Waals surface area contributed by atoms with E-state index in [0.717, 1.165) is 5.69 Å². The first kappa shape index (κ1) is 13.4. The molecule has 0 aliphatic heterocycles. The highest BCUT2D eigenvalue weighted by atomic mass is 16.5. The summed E-state index contributed by atoms with van der Waals surface area (Å²) in [7, 11) is 3.46. The van der Waals surface area contributed by atoms with Crippen LogP contribution in [0.5, 0.6) is 0 Å². The zero-order valence-electron chi connectivity index (χ0n) is 11.6. The quantitative estimate of drug-likeness (QED) is 0.788. The molecule has 0 saturated carbocycles. The van der Waals surface area contributed by atoms with E-state index >= 15 is 0 Å². The number of carbonyl (C=O) groups is 1. The fraction of sp³-hybridized carbons (Fsp3) is 0.312. The van der Waals surface area contributed by atoms with Gasteiger partial charge in [-0.2, -0.15) is 0 Å². The highest BCUT2D eigenvalue weighted by Crippen LogP contribution is 2.26. The molecule has 0 saturated heterocycles. The van der Waals surface area contributed by atoms with Crippen LogP contribution in [0.15, 0.2) is 36.4 Å². The lowest BCUT2D eigenvalue weighted by Crippen LogP contribution is -2.05. The summed E-state index contributed by atoms with van der Waals surface area (Å²) in [6.07, 6.45) is 1.12. The van der Waals surface area contributed by atoms with Crippen molar-refractivity contribution in [1.82, 2.24) is 4.57 Å². The Kier molecular flexibility index (Phi) is 4.05. The molecule has 0 N–H and O–H groups in total. The Labute approximate surface area is 113 Å². The second kappa shape index (κ2) is 5.74. The maximum Gasteiger partial charge on any atom is 0.305 e. The number of hydrogen-bond acceptors (Lipinski definition) is 2. The highest BCUT2D eigenvalue weighted by molar-refractivity contribution is 5.70. The van der Waals surface area contributed by atoms with Gasteiger partial charge in [0.25, 0.3) is 0 Å². The lowest BCUT2D eigenvalue weighted by molar-refractivity contribution is -0.140. The number of rotatable bonds is 4. The molecule has 2 aromatic rings. The first-order valence-electron chi connectivity index (χ1n) is 6.41. The predicted octanol–water partition coefficient (Wildman–Crippen LogP) is 3.11.